The molecule has 3 N–H and O–H groups in total. The number of nitrogens with zero attached hydrogens (tertiary/aromatic N) is 1. The summed E-state index contributed by atoms with van der Waals surface area (Å²) < 4.78 is 0. The highest BCUT2D eigenvalue weighted by molar-refractivity contribution is 7.10. The van der Waals surface area contributed by atoms with Gasteiger partial charge in [-0.1, -0.05) is 32.8 Å². The normalized spacial score (nSPS) is 14.6. The van der Waals surface area contributed by atoms with Crippen molar-refractivity contribution in [3.63, 3.8) is 0 Å². The number of amides is 1. The number of rotatable bonds is 8. The van der Waals surface area contributed by atoms with Crippen molar-refractivity contribution < 1.29 is 4.79 Å². The van der Waals surface area contributed by atoms with Crippen LogP contribution in [0, 0.1) is 5.92 Å². The monoisotopic (exact) mass is 297 g/mol. The van der Waals surface area contributed by atoms with E-state index in [0.29, 0.717) is 18.5 Å². The molecule has 1 rings (SSSR count). The number of hydrogen-bond acceptors (Lipinski definition) is 4. The first kappa shape index (κ1) is 17.1. The molecule has 2 unspecified atom stereocenters. The third-order valence-electron chi connectivity index (χ3n) is 3.87. The van der Waals surface area contributed by atoms with Gasteiger partial charge in [0.25, 0.3) is 0 Å². The summed E-state index contributed by atoms with van der Waals surface area (Å²) in [5.74, 6) is 0.494. The fourth-order valence-electron chi connectivity index (χ4n) is 2.52. The quantitative estimate of drug-likeness (QED) is 0.773. The lowest BCUT2D eigenvalue weighted by molar-refractivity contribution is -0.122. The van der Waals surface area contributed by atoms with Gasteiger partial charge in [0, 0.05) is 17.5 Å². The van der Waals surface area contributed by atoms with Crippen LogP contribution in [-0.2, 0) is 4.79 Å². The fraction of sp³-hybridized carbons (Fsp3) is 0.667. The van der Waals surface area contributed by atoms with Gasteiger partial charge in [0.05, 0.1) is 0 Å². The molecular formula is C15H27N3OS. The molecule has 0 aromatic carbocycles. The first-order valence-electron chi connectivity index (χ1n) is 7.24. The van der Waals surface area contributed by atoms with Gasteiger partial charge in [-0.2, -0.15) is 0 Å². The van der Waals surface area contributed by atoms with Gasteiger partial charge in [-0.15, -0.1) is 11.3 Å². The summed E-state index contributed by atoms with van der Waals surface area (Å²) in [6.07, 6.45) is 2.23. The highest BCUT2D eigenvalue weighted by atomic mass is 32.1. The maximum atomic E-state index is 12.1. The average Bonchev–Trinajstić information content (AvgIpc) is 2.95. The van der Waals surface area contributed by atoms with E-state index < -0.39 is 6.04 Å². The average molecular weight is 297 g/mol. The smallest absolute Gasteiger partial charge is 0.242 e. The molecule has 114 valence electrons. The first-order valence-corrected chi connectivity index (χ1v) is 8.12. The van der Waals surface area contributed by atoms with E-state index in [0.717, 1.165) is 17.7 Å². The van der Waals surface area contributed by atoms with Crippen LogP contribution < -0.4 is 11.1 Å². The highest BCUT2D eigenvalue weighted by Gasteiger charge is 2.23. The topological polar surface area (TPSA) is 58.4 Å². The summed E-state index contributed by atoms with van der Waals surface area (Å²) in [6.45, 7) is 5.05. The second kappa shape index (κ2) is 8.39. The van der Waals surface area contributed by atoms with E-state index in [4.69, 9.17) is 5.73 Å². The van der Waals surface area contributed by atoms with Crippen molar-refractivity contribution in [3.05, 3.63) is 22.4 Å². The molecule has 2 atom stereocenters. The van der Waals surface area contributed by atoms with Gasteiger partial charge in [-0.3, -0.25) is 4.79 Å². The lowest BCUT2D eigenvalue weighted by Crippen LogP contribution is -2.46. The molecule has 0 spiro atoms. The minimum atomic E-state index is -0.556. The van der Waals surface area contributed by atoms with Crippen molar-refractivity contribution in [3.8, 4) is 0 Å². The van der Waals surface area contributed by atoms with Crippen molar-refractivity contribution in [1.82, 2.24) is 10.2 Å². The minimum Gasteiger partial charge on any atom is -0.353 e. The van der Waals surface area contributed by atoms with Crippen molar-refractivity contribution in [2.75, 3.05) is 20.6 Å². The summed E-state index contributed by atoms with van der Waals surface area (Å²) in [6, 6.07) is 3.61. The second-order valence-corrected chi connectivity index (χ2v) is 6.33. The number of carbonyl (C=O) groups excluding carboxylic acids is 1. The van der Waals surface area contributed by atoms with E-state index in [1.165, 1.54) is 11.3 Å². The standard InChI is InChI=1S/C15H27N3OS/c1-5-11(6-2)12(18(3)4)10-17-15(19)14(16)13-8-7-9-20-13/h7-9,11-12,14H,5-6,10,16H2,1-4H3,(H,17,19). The van der Waals surface area contributed by atoms with Crippen LogP contribution in [0.25, 0.3) is 0 Å². The molecule has 0 saturated carbocycles. The molecule has 0 aliphatic carbocycles. The highest BCUT2D eigenvalue weighted by Crippen LogP contribution is 2.18. The zero-order valence-corrected chi connectivity index (χ0v) is 13.7. The van der Waals surface area contributed by atoms with Gasteiger partial charge < -0.3 is 16.0 Å². The van der Waals surface area contributed by atoms with Crippen LogP contribution in [-0.4, -0.2) is 37.5 Å². The number of nitrogens with one attached hydrogen (secondary N) is 1. The molecule has 1 amide bonds. The molecule has 0 fully saturated rings. The molecule has 20 heavy (non-hydrogen) atoms. The maximum absolute atomic E-state index is 12.1. The van der Waals surface area contributed by atoms with E-state index in [-0.39, 0.29) is 5.91 Å². The van der Waals surface area contributed by atoms with Crippen LogP contribution in [0.1, 0.15) is 37.6 Å². The molecule has 5 heteroatoms. The molecule has 1 heterocycles. The first-order chi connectivity index (χ1) is 9.51. The number of thiophene rings is 1. The van der Waals surface area contributed by atoms with Crippen molar-refractivity contribution in [1.29, 1.82) is 0 Å². The zero-order valence-electron chi connectivity index (χ0n) is 12.9. The summed E-state index contributed by atoms with van der Waals surface area (Å²) in [7, 11) is 4.13. The molecule has 0 bridgehead atoms. The van der Waals surface area contributed by atoms with Gasteiger partial charge in [-0.05, 0) is 31.5 Å². The van der Waals surface area contributed by atoms with Crippen molar-refractivity contribution >= 4 is 17.2 Å². The van der Waals surface area contributed by atoms with Gasteiger partial charge in [-0.25, -0.2) is 0 Å². The zero-order chi connectivity index (χ0) is 15.1. The Hall–Kier alpha value is -0.910. The van der Waals surface area contributed by atoms with Crippen LogP contribution in [0.4, 0.5) is 0 Å². The predicted octanol–water partition coefficient (Wildman–Crippen LogP) is 2.23. The van der Waals surface area contributed by atoms with Crippen LogP contribution in [0.3, 0.4) is 0 Å². The largest absolute Gasteiger partial charge is 0.353 e. The Morgan fingerprint density at radius 3 is 2.50 bits per heavy atom. The molecule has 0 radical (unpaired) electrons. The van der Waals surface area contributed by atoms with Gasteiger partial charge in [0.2, 0.25) is 5.91 Å². The van der Waals surface area contributed by atoms with Crippen LogP contribution in [0.15, 0.2) is 17.5 Å². The fourth-order valence-corrected chi connectivity index (χ4v) is 3.24. The van der Waals surface area contributed by atoms with Crippen molar-refractivity contribution in [2.24, 2.45) is 11.7 Å². The van der Waals surface area contributed by atoms with E-state index in [9.17, 15) is 4.79 Å². The predicted molar refractivity (Wildman–Crippen MR) is 85.8 cm³/mol. The van der Waals surface area contributed by atoms with Crippen LogP contribution in [0.5, 0.6) is 0 Å². The van der Waals surface area contributed by atoms with Crippen LogP contribution in [0.2, 0.25) is 0 Å². The van der Waals surface area contributed by atoms with E-state index in [2.05, 4.69) is 38.2 Å². The lowest BCUT2D eigenvalue weighted by Gasteiger charge is -2.31. The van der Waals surface area contributed by atoms with E-state index in [1.807, 2.05) is 17.5 Å². The van der Waals surface area contributed by atoms with Gasteiger partial charge in [0.1, 0.15) is 6.04 Å². The Morgan fingerprint density at radius 1 is 1.40 bits per heavy atom. The summed E-state index contributed by atoms with van der Waals surface area (Å²) in [5, 5.41) is 4.94. The Kier molecular flexibility index (Phi) is 7.19. The minimum absolute atomic E-state index is 0.0924. The van der Waals surface area contributed by atoms with Crippen molar-refractivity contribution in [2.45, 2.75) is 38.8 Å². The summed E-state index contributed by atoms with van der Waals surface area (Å²) >= 11 is 1.52. The molecule has 1 aromatic heterocycles. The van der Waals surface area contributed by atoms with Gasteiger partial charge in [0.15, 0.2) is 0 Å². The lowest BCUT2D eigenvalue weighted by atomic mass is 9.93. The number of hydrogen-bond donors (Lipinski definition) is 2. The van der Waals surface area contributed by atoms with E-state index >= 15 is 0 Å². The molecule has 0 aliphatic rings. The Bertz CT molecular complexity index is 388. The molecule has 0 saturated heterocycles. The number of nitrogens with two attached hydrogens (primary N) is 1. The maximum Gasteiger partial charge on any atom is 0.242 e. The Balaban J connectivity index is 2.56. The van der Waals surface area contributed by atoms with E-state index in [1.54, 1.807) is 0 Å². The summed E-state index contributed by atoms with van der Waals surface area (Å²) in [4.78, 5) is 15.2. The number of likely N-dealkylation sites (N-methyl/N-ethyl adjacent to an activating group) is 1. The summed E-state index contributed by atoms with van der Waals surface area (Å²) in [5.41, 5.74) is 5.97. The Labute approximate surface area is 126 Å². The van der Waals surface area contributed by atoms with Gasteiger partial charge >= 0.3 is 0 Å². The number of carbonyl (C=O) groups is 1. The van der Waals surface area contributed by atoms with Crippen LogP contribution >= 0.6 is 11.3 Å². The Morgan fingerprint density at radius 2 is 2.05 bits per heavy atom. The third kappa shape index (κ3) is 4.58. The molecular weight excluding hydrogens is 270 g/mol. The SMILES string of the molecule is CCC(CC)C(CNC(=O)C(N)c1cccs1)N(C)C. The second-order valence-electron chi connectivity index (χ2n) is 5.35. The molecule has 4 nitrogen and oxygen atoms in total. The molecule has 0 aliphatic heterocycles. The molecule has 1 aromatic rings. The third-order valence-corrected chi connectivity index (χ3v) is 4.83.